The van der Waals surface area contributed by atoms with Crippen molar-refractivity contribution in [1.82, 2.24) is 9.97 Å². The third-order valence-corrected chi connectivity index (χ3v) is 4.05. The Hall–Kier alpha value is -1.93. The highest BCUT2D eigenvalue weighted by molar-refractivity contribution is 5.95. The van der Waals surface area contributed by atoms with Crippen molar-refractivity contribution < 1.29 is 24.0 Å². The van der Waals surface area contributed by atoms with Gasteiger partial charge in [-0.2, -0.15) is 0 Å². The number of ketones is 1. The Morgan fingerprint density at radius 2 is 1.88 bits per heavy atom. The van der Waals surface area contributed by atoms with Gasteiger partial charge in [0, 0.05) is 12.8 Å². The number of H-pyrrole nitrogens is 2. The van der Waals surface area contributed by atoms with E-state index in [0.29, 0.717) is 63.4 Å². The minimum Gasteiger partial charge on any atom is -0.466 e. The Morgan fingerprint density at radius 1 is 1.17 bits per heavy atom. The fourth-order valence-electron chi connectivity index (χ4n) is 2.79. The summed E-state index contributed by atoms with van der Waals surface area (Å²) in [6, 6.07) is 0. The van der Waals surface area contributed by atoms with Gasteiger partial charge in [0.25, 0.3) is 0 Å². The standard InChI is InChI=1S/C16H25N3O5/c1-2-24-14(21)6-4-3-5-13(20)15-12(17-16(22)18-15)11-19-7-9-23-10-8-19/h2-11H2,1H3,(H2,17,18,22)/p+1. The largest absolute Gasteiger partial charge is 0.466 e. The molecule has 8 heteroatoms. The molecule has 3 N–H and O–H groups in total. The lowest BCUT2D eigenvalue weighted by Gasteiger charge is -2.23. The molecule has 1 aliphatic rings. The fraction of sp³-hybridized carbons (Fsp3) is 0.688. The first-order valence-corrected chi connectivity index (χ1v) is 8.51. The molecule has 1 saturated heterocycles. The Labute approximate surface area is 140 Å². The van der Waals surface area contributed by atoms with Gasteiger partial charge in [0.05, 0.1) is 19.8 Å². The fourth-order valence-corrected chi connectivity index (χ4v) is 2.79. The molecule has 0 radical (unpaired) electrons. The number of rotatable bonds is 9. The van der Waals surface area contributed by atoms with Crippen molar-refractivity contribution in [2.45, 2.75) is 39.2 Å². The van der Waals surface area contributed by atoms with Crippen LogP contribution in [0, 0.1) is 0 Å². The molecule has 2 heterocycles. The Morgan fingerprint density at radius 3 is 2.58 bits per heavy atom. The lowest BCUT2D eigenvalue weighted by molar-refractivity contribution is -0.921. The summed E-state index contributed by atoms with van der Waals surface area (Å²) < 4.78 is 10.2. The summed E-state index contributed by atoms with van der Waals surface area (Å²) in [7, 11) is 0. The molecule has 0 unspecified atom stereocenters. The maximum atomic E-state index is 12.4. The van der Waals surface area contributed by atoms with Crippen LogP contribution >= 0.6 is 0 Å². The molecule has 0 amide bonds. The van der Waals surface area contributed by atoms with E-state index in [1.165, 1.54) is 4.90 Å². The van der Waals surface area contributed by atoms with Crippen LogP contribution in [0.3, 0.4) is 0 Å². The minimum absolute atomic E-state index is 0.0973. The number of Topliss-reactive ketones (excluding diaryl/α,β-unsaturated/α-hetero) is 1. The molecule has 0 aromatic carbocycles. The summed E-state index contributed by atoms with van der Waals surface area (Å²) in [5.74, 6) is -0.337. The predicted molar refractivity (Wildman–Crippen MR) is 86.1 cm³/mol. The number of ether oxygens (including phenoxy) is 2. The number of carbonyl (C=O) groups excluding carboxylic acids is 2. The molecule has 0 bridgehead atoms. The van der Waals surface area contributed by atoms with Gasteiger partial charge in [-0.1, -0.05) is 0 Å². The van der Waals surface area contributed by atoms with E-state index in [9.17, 15) is 14.4 Å². The maximum Gasteiger partial charge on any atom is 0.323 e. The molecular weight excluding hydrogens is 314 g/mol. The van der Waals surface area contributed by atoms with E-state index in [1.807, 2.05) is 0 Å². The van der Waals surface area contributed by atoms with Gasteiger partial charge in [-0.3, -0.25) is 9.59 Å². The number of unbranched alkanes of at least 4 members (excludes halogenated alkanes) is 1. The van der Waals surface area contributed by atoms with E-state index in [2.05, 4.69) is 9.97 Å². The second-order valence-corrected chi connectivity index (χ2v) is 5.91. The van der Waals surface area contributed by atoms with Crippen LogP contribution in [0.5, 0.6) is 0 Å². The first kappa shape index (κ1) is 18.4. The van der Waals surface area contributed by atoms with Crippen molar-refractivity contribution in [1.29, 1.82) is 0 Å². The summed E-state index contributed by atoms with van der Waals surface area (Å²) in [4.78, 5) is 41.8. The number of esters is 1. The average Bonchev–Trinajstić information content (AvgIpc) is 2.93. The average molecular weight is 340 g/mol. The van der Waals surface area contributed by atoms with Crippen LogP contribution in [-0.4, -0.2) is 54.6 Å². The number of hydrogen-bond acceptors (Lipinski definition) is 5. The van der Waals surface area contributed by atoms with E-state index >= 15 is 0 Å². The number of hydrogen-bond donors (Lipinski definition) is 3. The summed E-state index contributed by atoms with van der Waals surface area (Å²) in [5, 5.41) is 0. The minimum atomic E-state index is -0.354. The van der Waals surface area contributed by atoms with E-state index < -0.39 is 0 Å². The monoisotopic (exact) mass is 340 g/mol. The number of nitrogens with one attached hydrogen (secondary N) is 3. The van der Waals surface area contributed by atoms with Crippen molar-refractivity contribution in [2.24, 2.45) is 0 Å². The van der Waals surface area contributed by atoms with Crippen molar-refractivity contribution in [3.05, 3.63) is 21.9 Å². The number of carbonyl (C=O) groups is 2. The van der Waals surface area contributed by atoms with Crippen LogP contribution in [-0.2, 0) is 20.8 Å². The topological polar surface area (TPSA) is 106 Å². The number of imidazole rings is 1. The molecule has 0 spiro atoms. The first-order valence-electron chi connectivity index (χ1n) is 8.51. The second kappa shape index (κ2) is 9.39. The molecule has 0 saturated carbocycles. The summed E-state index contributed by atoms with van der Waals surface area (Å²) in [6.07, 6.45) is 1.81. The van der Waals surface area contributed by atoms with Gasteiger partial charge < -0.3 is 24.3 Å². The Bertz CT molecular complexity index is 601. The lowest BCUT2D eigenvalue weighted by Crippen LogP contribution is -3.12. The Balaban J connectivity index is 1.85. The van der Waals surface area contributed by atoms with Crippen LogP contribution in [0.1, 0.15) is 48.8 Å². The normalized spacial score (nSPS) is 15.4. The van der Waals surface area contributed by atoms with Crippen molar-refractivity contribution in [2.75, 3.05) is 32.9 Å². The number of quaternary nitrogens is 1. The zero-order valence-corrected chi connectivity index (χ0v) is 14.1. The second-order valence-electron chi connectivity index (χ2n) is 5.91. The van der Waals surface area contributed by atoms with Gasteiger partial charge >= 0.3 is 11.7 Å². The van der Waals surface area contributed by atoms with Gasteiger partial charge in [-0.15, -0.1) is 0 Å². The van der Waals surface area contributed by atoms with Crippen molar-refractivity contribution in [3.8, 4) is 0 Å². The highest BCUT2D eigenvalue weighted by Gasteiger charge is 2.21. The van der Waals surface area contributed by atoms with Gasteiger partial charge in [-0.05, 0) is 19.8 Å². The van der Waals surface area contributed by atoms with Crippen LogP contribution in [0.25, 0.3) is 0 Å². The third-order valence-electron chi connectivity index (χ3n) is 4.05. The highest BCUT2D eigenvalue weighted by Crippen LogP contribution is 2.09. The predicted octanol–water partition coefficient (Wildman–Crippen LogP) is -0.576. The summed E-state index contributed by atoms with van der Waals surface area (Å²) >= 11 is 0. The maximum absolute atomic E-state index is 12.4. The number of aromatic nitrogens is 2. The Kier molecular flexibility index (Phi) is 7.20. The summed E-state index contributed by atoms with van der Waals surface area (Å²) in [5.41, 5.74) is 0.676. The summed E-state index contributed by atoms with van der Waals surface area (Å²) in [6.45, 7) is 5.85. The zero-order valence-electron chi connectivity index (χ0n) is 14.1. The third kappa shape index (κ3) is 5.61. The van der Waals surface area contributed by atoms with E-state index in [-0.39, 0.29) is 17.4 Å². The zero-order chi connectivity index (χ0) is 17.4. The molecule has 8 nitrogen and oxygen atoms in total. The molecule has 24 heavy (non-hydrogen) atoms. The van der Waals surface area contributed by atoms with Crippen LogP contribution in [0.4, 0.5) is 0 Å². The van der Waals surface area contributed by atoms with E-state index in [1.54, 1.807) is 6.92 Å². The van der Waals surface area contributed by atoms with Crippen molar-refractivity contribution >= 4 is 11.8 Å². The molecule has 0 aliphatic carbocycles. The molecule has 1 aromatic heterocycles. The molecule has 1 aliphatic heterocycles. The van der Waals surface area contributed by atoms with Crippen LogP contribution in [0.2, 0.25) is 0 Å². The number of morpholine rings is 1. The first-order chi connectivity index (χ1) is 11.6. The SMILES string of the molecule is CCOC(=O)CCCCC(=O)c1[nH]c(=O)[nH]c1C[NH+]1CCOCC1. The highest BCUT2D eigenvalue weighted by atomic mass is 16.5. The molecule has 134 valence electrons. The lowest BCUT2D eigenvalue weighted by atomic mass is 10.1. The van der Waals surface area contributed by atoms with E-state index in [4.69, 9.17) is 9.47 Å². The molecule has 2 rings (SSSR count). The van der Waals surface area contributed by atoms with Crippen LogP contribution < -0.4 is 10.6 Å². The molecule has 1 fully saturated rings. The molecule has 1 aromatic rings. The smallest absolute Gasteiger partial charge is 0.323 e. The van der Waals surface area contributed by atoms with Gasteiger partial charge in [0.15, 0.2) is 5.78 Å². The number of aromatic amines is 2. The molecular formula is C16H26N3O5+. The van der Waals surface area contributed by atoms with Crippen LogP contribution in [0.15, 0.2) is 4.79 Å². The quantitative estimate of drug-likeness (QED) is 0.317. The van der Waals surface area contributed by atoms with Gasteiger partial charge in [-0.25, -0.2) is 4.79 Å². The molecule has 0 atom stereocenters. The van der Waals surface area contributed by atoms with E-state index in [0.717, 1.165) is 13.1 Å². The van der Waals surface area contributed by atoms with Gasteiger partial charge in [0.1, 0.15) is 31.0 Å². The van der Waals surface area contributed by atoms with Gasteiger partial charge in [0.2, 0.25) is 0 Å². The van der Waals surface area contributed by atoms with Crippen molar-refractivity contribution in [3.63, 3.8) is 0 Å².